The maximum absolute atomic E-state index is 13.8. The van der Waals surface area contributed by atoms with E-state index in [1.807, 2.05) is 36.4 Å². The molecule has 14 heteroatoms. The van der Waals surface area contributed by atoms with Crippen molar-refractivity contribution < 1.29 is 26.3 Å². The van der Waals surface area contributed by atoms with Crippen molar-refractivity contribution in [1.82, 2.24) is 0 Å². The molecule has 0 saturated carbocycles. The third-order valence-electron chi connectivity index (χ3n) is 10.3. The van der Waals surface area contributed by atoms with Crippen LogP contribution in [0.25, 0.3) is 44.6 Å². The molecule has 0 unspecified atom stereocenters. The molecule has 0 fully saturated rings. The first-order valence-corrected chi connectivity index (χ1v) is 17.7. The Labute approximate surface area is 348 Å². The SMILES string of the molecule is N#CC1=C(c2ccc(C(F)(F)F)cc2)/C(=C(/C#N)c2ccc(C#N)cc2)c2c(C#N)c3c(c(C#N)c21)/C(=C(\C#N)c1ccc(C#N)cc1)C(c1ccc(C(F)(F)F)cc1)=C3C#N. The van der Waals surface area contributed by atoms with E-state index in [-0.39, 0.29) is 100 Å². The summed E-state index contributed by atoms with van der Waals surface area (Å²) in [4.78, 5) is 0. The van der Waals surface area contributed by atoms with Crippen LogP contribution in [0.15, 0.2) is 97.1 Å². The number of rotatable bonds is 4. The van der Waals surface area contributed by atoms with Gasteiger partial charge in [0.25, 0.3) is 0 Å². The van der Waals surface area contributed by atoms with Gasteiger partial charge in [-0.1, -0.05) is 48.5 Å². The van der Waals surface area contributed by atoms with E-state index in [4.69, 9.17) is 0 Å². The van der Waals surface area contributed by atoms with E-state index in [1.165, 1.54) is 48.5 Å². The number of nitrogens with zero attached hydrogens (tertiary/aromatic N) is 8. The minimum atomic E-state index is -4.77. The fourth-order valence-corrected chi connectivity index (χ4v) is 7.63. The Morgan fingerprint density at radius 3 is 0.935 bits per heavy atom. The number of fused-ring (bicyclic) bond motifs is 2. The van der Waals surface area contributed by atoms with Gasteiger partial charge in [0, 0.05) is 44.5 Å². The molecule has 0 radical (unpaired) electrons. The molecule has 0 N–H and O–H groups in total. The van der Waals surface area contributed by atoms with Gasteiger partial charge in [0.05, 0.1) is 67.8 Å². The summed E-state index contributed by atoms with van der Waals surface area (Å²) in [5, 5.41) is 84.9. The third-order valence-corrected chi connectivity index (χ3v) is 10.3. The standard InChI is InChI=1S/C48H16F6N8/c49-47(50,51)31-13-9-29(10-14-31)39-35(21-59)41-38(24-62)46-42(37(23-61)45(41)43(39)33(19-57)27-5-1-25(17-55)2-6-27)36(22-60)40(30-11-15-32(16-12-30)48(52,53)54)44(46)34(20-58)28-7-3-26(18-56)4-8-28/h1-16H/b43-33+,44-34+. The predicted octanol–water partition coefficient (Wildman–Crippen LogP) is 11.0. The van der Waals surface area contributed by atoms with Crippen LogP contribution in [-0.4, -0.2) is 0 Å². The highest BCUT2D eigenvalue weighted by Crippen LogP contribution is 2.59. The average molecular weight is 819 g/mol. The molecule has 8 nitrogen and oxygen atoms in total. The van der Waals surface area contributed by atoms with E-state index in [9.17, 15) is 68.4 Å². The number of benzene rings is 5. The van der Waals surface area contributed by atoms with Crippen molar-refractivity contribution in [1.29, 1.82) is 42.1 Å². The lowest BCUT2D eigenvalue weighted by Crippen LogP contribution is -2.05. The molecule has 5 aromatic carbocycles. The zero-order valence-corrected chi connectivity index (χ0v) is 31.1. The Morgan fingerprint density at radius 1 is 0.371 bits per heavy atom. The molecule has 0 heterocycles. The van der Waals surface area contributed by atoms with Crippen LogP contribution < -0.4 is 0 Å². The first-order chi connectivity index (χ1) is 29.7. The molecule has 62 heavy (non-hydrogen) atoms. The van der Waals surface area contributed by atoms with E-state index < -0.39 is 34.6 Å². The van der Waals surface area contributed by atoms with Crippen molar-refractivity contribution in [2.75, 3.05) is 0 Å². The van der Waals surface area contributed by atoms with Crippen LogP contribution in [0.2, 0.25) is 0 Å². The van der Waals surface area contributed by atoms with Crippen LogP contribution in [0.5, 0.6) is 0 Å². The minimum absolute atomic E-state index is 0.0392. The fraction of sp³-hybridized carbons (Fsp3) is 0.0417. The third kappa shape index (κ3) is 6.47. The highest BCUT2D eigenvalue weighted by Gasteiger charge is 2.44. The molecular formula is C48H16F6N8. The Hall–Kier alpha value is -9.44. The van der Waals surface area contributed by atoms with Crippen molar-refractivity contribution in [3.05, 3.63) is 175 Å². The van der Waals surface area contributed by atoms with Crippen molar-refractivity contribution in [2.45, 2.75) is 12.4 Å². The van der Waals surface area contributed by atoms with Crippen LogP contribution in [0.1, 0.15) is 77.9 Å². The molecule has 5 aromatic rings. The highest BCUT2D eigenvalue weighted by atomic mass is 19.4. The average Bonchev–Trinajstić information content (AvgIpc) is 3.79. The Morgan fingerprint density at radius 2 is 0.694 bits per heavy atom. The molecule has 2 aliphatic carbocycles. The molecule has 290 valence electrons. The van der Waals surface area contributed by atoms with Crippen LogP contribution in [0.4, 0.5) is 26.3 Å². The summed E-state index contributed by atoms with van der Waals surface area (Å²) in [5.74, 6) is 0. The van der Waals surface area contributed by atoms with Gasteiger partial charge in [0.2, 0.25) is 0 Å². The van der Waals surface area contributed by atoms with Crippen LogP contribution in [0, 0.1) is 90.6 Å². The molecule has 0 aliphatic heterocycles. The van der Waals surface area contributed by atoms with Crippen molar-refractivity contribution in [3.8, 4) is 48.6 Å². The molecule has 0 saturated heterocycles. The number of hydrogen-bond donors (Lipinski definition) is 0. The van der Waals surface area contributed by atoms with Gasteiger partial charge >= 0.3 is 12.4 Å². The Kier molecular flexibility index (Phi) is 10.1. The van der Waals surface area contributed by atoms with E-state index in [0.29, 0.717) is 0 Å². The largest absolute Gasteiger partial charge is 0.416 e. The zero-order valence-electron chi connectivity index (χ0n) is 31.1. The number of allylic oxidation sites excluding steroid dienone is 8. The van der Waals surface area contributed by atoms with Gasteiger partial charge in [-0.25, -0.2) is 0 Å². The molecular weight excluding hydrogens is 803 g/mol. The summed E-state index contributed by atoms with van der Waals surface area (Å²) in [5.41, 5.74) is -5.25. The number of nitriles is 8. The summed E-state index contributed by atoms with van der Waals surface area (Å²) >= 11 is 0. The summed E-state index contributed by atoms with van der Waals surface area (Å²) in [6, 6.07) is 34.4. The van der Waals surface area contributed by atoms with Gasteiger partial charge in [-0.2, -0.15) is 68.4 Å². The molecule has 0 amide bonds. The highest BCUT2D eigenvalue weighted by molar-refractivity contribution is 6.36. The molecule has 0 bridgehead atoms. The number of hydrogen-bond acceptors (Lipinski definition) is 8. The molecule has 2 aliphatic rings. The fourth-order valence-electron chi connectivity index (χ4n) is 7.63. The van der Waals surface area contributed by atoms with Crippen molar-refractivity contribution >= 4 is 44.6 Å². The predicted molar refractivity (Wildman–Crippen MR) is 211 cm³/mol. The molecule has 7 rings (SSSR count). The first-order valence-electron chi connectivity index (χ1n) is 17.7. The van der Waals surface area contributed by atoms with E-state index in [0.717, 1.165) is 48.5 Å². The van der Waals surface area contributed by atoms with Gasteiger partial charge in [-0.05, 0) is 70.8 Å². The molecule has 0 spiro atoms. The molecule has 0 aromatic heterocycles. The lowest BCUT2D eigenvalue weighted by Gasteiger charge is -2.18. The van der Waals surface area contributed by atoms with E-state index in [2.05, 4.69) is 12.1 Å². The Balaban J connectivity index is 1.72. The maximum atomic E-state index is 13.8. The lowest BCUT2D eigenvalue weighted by molar-refractivity contribution is -0.138. The number of alkyl halides is 6. The monoisotopic (exact) mass is 818 g/mol. The van der Waals surface area contributed by atoms with Gasteiger partial charge in [0.15, 0.2) is 0 Å². The van der Waals surface area contributed by atoms with Crippen LogP contribution in [0.3, 0.4) is 0 Å². The summed E-state index contributed by atoms with van der Waals surface area (Å²) in [6.45, 7) is 0. The van der Waals surface area contributed by atoms with Gasteiger partial charge in [-0.3, -0.25) is 0 Å². The minimum Gasteiger partial charge on any atom is -0.192 e. The maximum Gasteiger partial charge on any atom is 0.416 e. The van der Waals surface area contributed by atoms with Crippen molar-refractivity contribution in [2.24, 2.45) is 0 Å². The smallest absolute Gasteiger partial charge is 0.192 e. The van der Waals surface area contributed by atoms with Gasteiger partial charge in [0.1, 0.15) is 36.4 Å². The molecule has 0 atom stereocenters. The van der Waals surface area contributed by atoms with E-state index >= 15 is 0 Å². The second-order valence-corrected chi connectivity index (χ2v) is 13.4. The first kappa shape index (κ1) is 40.7. The lowest BCUT2D eigenvalue weighted by atomic mass is 9.81. The van der Waals surface area contributed by atoms with Crippen molar-refractivity contribution in [3.63, 3.8) is 0 Å². The van der Waals surface area contributed by atoms with Crippen LogP contribution in [-0.2, 0) is 12.4 Å². The topological polar surface area (TPSA) is 190 Å². The normalized spacial score (nSPS) is 14.4. The Bertz CT molecular complexity index is 3060. The zero-order chi connectivity index (χ0) is 44.7. The summed E-state index contributed by atoms with van der Waals surface area (Å²) in [6.07, 6.45) is -9.54. The quantitative estimate of drug-likeness (QED) is 0.126. The second-order valence-electron chi connectivity index (χ2n) is 13.4. The van der Waals surface area contributed by atoms with E-state index in [1.54, 1.807) is 0 Å². The summed E-state index contributed by atoms with van der Waals surface area (Å²) in [7, 11) is 0. The van der Waals surface area contributed by atoms with Gasteiger partial charge in [-0.15, -0.1) is 0 Å². The second kappa shape index (κ2) is 15.4. The van der Waals surface area contributed by atoms with Gasteiger partial charge < -0.3 is 0 Å². The van der Waals surface area contributed by atoms with Crippen LogP contribution >= 0.6 is 0 Å². The number of halogens is 6. The summed E-state index contributed by atoms with van der Waals surface area (Å²) < 4.78 is 82.7.